The third-order valence-corrected chi connectivity index (χ3v) is 1.97. The molecule has 0 aromatic heterocycles. The maximum Gasteiger partial charge on any atom is 0.369 e. The van der Waals surface area contributed by atoms with Crippen LogP contribution in [0.5, 0.6) is 0 Å². The van der Waals surface area contributed by atoms with Crippen LogP contribution in [0, 0.1) is 5.41 Å². The topological polar surface area (TPSA) is 46.5 Å². The number of unbranched alkanes of at least 4 members (excludes halogenated alkanes) is 1. The molecule has 0 radical (unpaired) electrons. The zero-order chi connectivity index (χ0) is 11.9. The van der Waals surface area contributed by atoms with Crippen LogP contribution >= 0.6 is 0 Å². The Labute approximate surface area is 91.4 Å². The maximum absolute atomic E-state index is 11.2. The Morgan fingerprint density at radius 1 is 1.40 bits per heavy atom. The predicted octanol–water partition coefficient (Wildman–Crippen LogP) is 3.33. The number of rotatable bonds is 4. The summed E-state index contributed by atoms with van der Waals surface area (Å²) in [4.78, 5) is 15.0. The van der Waals surface area contributed by atoms with Gasteiger partial charge in [-0.2, -0.15) is 5.26 Å². The summed E-state index contributed by atoms with van der Waals surface area (Å²) in [5.74, 6) is -0.691. The Balaban J connectivity index is 4.72. The lowest BCUT2D eigenvalue weighted by molar-refractivity contribution is -0.230. The Morgan fingerprint density at radius 2 is 2.00 bits per heavy atom. The molecule has 0 heterocycles. The van der Waals surface area contributed by atoms with Crippen LogP contribution < -0.4 is 0 Å². The monoisotopic (exact) mass is 212 g/mol. The molecule has 0 saturated carbocycles. The van der Waals surface area contributed by atoms with Gasteiger partial charge < -0.3 is 0 Å². The van der Waals surface area contributed by atoms with Gasteiger partial charge in [0.2, 0.25) is 0 Å². The van der Waals surface area contributed by atoms with Crippen LogP contribution in [-0.2, 0) is 9.68 Å². The Morgan fingerprint density at radius 3 is 2.40 bits per heavy atom. The molecule has 3 nitrogen and oxygen atoms in total. The SMILES string of the molecule is CCCC=CC=C(C(=O)OO)C(C)(C)C. The summed E-state index contributed by atoms with van der Waals surface area (Å²) in [5.41, 5.74) is 0.119. The summed E-state index contributed by atoms with van der Waals surface area (Å²) >= 11 is 0. The second-order valence-corrected chi connectivity index (χ2v) is 4.43. The molecule has 0 spiro atoms. The van der Waals surface area contributed by atoms with Gasteiger partial charge in [-0.3, -0.25) is 4.89 Å². The molecular weight excluding hydrogens is 192 g/mol. The molecule has 0 aromatic rings. The van der Waals surface area contributed by atoms with Crippen molar-refractivity contribution in [2.45, 2.75) is 40.5 Å². The predicted molar refractivity (Wildman–Crippen MR) is 60.3 cm³/mol. The summed E-state index contributed by atoms with van der Waals surface area (Å²) in [6, 6.07) is 0. The van der Waals surface area contributed by atoms with Gasteiger partial charge in [-0.05, 0) is 11.8 Å². The average Bonchev–Trinajstić information content (AvgIpc) is 2.15. The first-order valence-electron chi connectivity index (χ1n) is 5.16. The van der Waals surface area contributed by atoms with E-state index in [4.69, 9.17) is 5.26 Å². The summed E-state index contributed by atoms with van der Waals surface area (Å²) in [5, 5.41) is 8.36. The molecule has 0 aliphatic heterocycles. The Hall–Kier alpha value is -1.09. The number of carbonyl (C=O) groups is 1. The quantitative estimate of drug-likeness (QED) is 0.336. The van der Waals surface area contributed by atoms with Crippen LogP contribution in [-0.4, -0.2) is 11.2 Å². The molecule has 3 heteroatoms. The van der Waals surface area contributed by atoms with Crippen LogP contribution in [0.4, 0.5) is 0 Å². The van der Waals surface area contributed by atoms with E-state index in [1.807, 2.05) is 32.9 Å². The molecule has 0 aliphatic carbocycles. The van der Waals surface area contributed by atoms with Gasteiger partial charge in [0.25, 0.3) is 0 Å². The Kier molecular flexibility index (Phi) is 5.94. The largest absolute Gasteiger partial charge is 0.369 e. The van der Waals surface area contributed by atoms with Crippen molar-refractivity contribution >= 4 is 5.97 Å². The van der Waals surface area contributed by atoms with Crippen molar-refractivity contribution in [2.24, 2.45) is 5.41 Å². The van der Waals surface area contributed by atoms with Crippen LogP contribution in [0.3, 0.4) is 0 Å². The van der Waals surface area contributed by atoms with Gasteiger partial charge >= 0.3 is 5.97 Å². The fourth-order valence-electron chi connectivity index (χ4n) is 1.10. The minimum atomic E-state index is -0.691. The third-order valence-electron chi connectivity index (χ3n) is 1.97. The second-order valence-electron chi connectivity index (χ2n) is 4.43. The van der Waals surface area contributed by atoms with Gasteiger partial charge in [0, 0.05) is 5.57 Å². The maximum atomic E-state index is 11.2. The van der Waals surface area contributed by atoms with E-state index < -0.39 is 5.97 Å². The molecule has 0 aromatic carbocycles. The highest BCUT2D eigenvalue weighted by Gasteiger charge is 2.24. The number of allylic oxidation sites excluding steroid dienone is 3. The van der Waals surface area contributed by atoms with Gasteiger partial charge in [0.05, 0.1) is 0 Å². The van der Waals surface area contributed by atoms with Crippen LogP contribution in [0.15, 0.2) is 23.8 Å². The third kappa shape index (κ3) is 5.37. The van der Waals surface area contributed by atoms with Crippen molar-refractivity contribution in [3.05, 3.63) is 23.8 Å². The first-order chi connectivity index (χ1) is 6.93. The number of hydrogen-bond donors (Lipinski definition) is 1. The lowest BCUT2D eigenvalue weighted by atomic mass is 9.86. The van der Waals surface area contributed by atoms with Crippen molar-refractivity contribution in [3.63, 3.8) is 0 Å². The van der Waals surface area contributed by atoms with Gasteiger partial charge in [0.1, 0.15) is 0 Å². The molecule has 0 saturated heterocycles. The zero-order valence-electron chi connectivity index (χ0n) is 9.91. The van der Waals surface area contributed by atoms with E-state index in [-0.39, 0.29) is 5.41 Å². The highest BCUT2D eigenvalue weighted by molar-refractivity contribution is 5.89. The van der Waals surface area contributed by atoms with E-state index in [0.717, 1.165) is 12.8 Å². The van der Waals surface area contributed by atoms with E-state index in [1.54, 1.807) is 6.08 Å². The summed E-state index contributed by atoms with van der Waals surface area (Å²) in [6.07, 6.45) is 7.54. The molecule has 0 bridgehead atoms. The minimum Gasteiger partial charge on any atom is -0.296 e. The molecule has 0 atom stereocenters. The summed E-state index contributed by atoms with van der Waals surface area (Å²) in [7, 11) is 0. The first kappa shape index (κ1) is 13.9. The summed E-state index contributed by atoms with van der Waals surface area (Å²) in [6.45, 7) is 7.76. The standard InChI is InChI=1S/C12H20O3/c1-5-6-7-8-9-10(11(13)15-14)12(2,3)4/h7-9,14H,5-6H2,1-4H3. The summed E-state index contributed by atoms with van der Waals surface area (Å²) < 4.78 is 0. The molecular formula is C12H20O3. The zero-order valence-corrected chi connectivity index (χ0v) is 9.91. The van der Waals surface area contributed by atoms with E-state index in [0.29, 0.717) is 5.57 Å². The van der Waals surface area contributed by atoms with Crippen molar-refractivity contribution in [3.8, 4) is 0 Å². The fourth-order valence-corrected chi connectivity index (χ4v) is 1.10. The van der Waals surface area contributed by atoms with Crippen molar-refractivity contribution in [2.75, 3.05) is 0 Å². The van der Waals surface area contributed by atoms with E-state index in [1.165, 1.54) is 0 Å². The second kappa shape index (κ2) is 6.40. The smallest absolute Gasteiger partial charge is 0.296 e. The molecule has 1 N–H and O–H groups in total. The van der Waals surface area contributed by atoms with Crippen LogP contribution in [0.2, 0.25) is 0 Å². The molecule has 0 amide bonds. The van der Waals surface area contributed by atoms with Crippen LogP contribution in [0.1, 0.15) is 40.5 Å². The number of hydrogen-bond acceptors (Lipinski definition) is 3. The van der Waals surface area contributed by atoms with Crippen molar-refractivity contribution < 1.29 is 14.9 Å². The Bertz CT molecular complexity index is 257. The van der Waals surface area contributed by atoms with Gasteiger partial charge in [0.15, 0.2) is 0 Å². The van der Waals surface area contributed by atoms with E-state index in [9.17, 15) is 4.79 Å². The molecule has 0 rings (SSSR count). The molecule has 86 valence electrons. The van der Waals surface area contributed by atoms with Crippen molar-refractivity contribution in [1.29, 1.82) is 0 Å². The van der Waals surface area contributed by atoms with E-state index in [2.05, 4.69) is 11.8 Å². The van der Waals surface area contributed by atoms with Gasteiger partial charge in [-0.15, -0.1) is 0 Å². The molecule has 0 aliphatic rings. The fraction of sp³-hybridized carbons (Fsp3) is 0.583. The minimum absolute atomic E-state index is 0.337. The average molecular weight is 212 g/mol. The van der Waals surface area contributed by atoms with Gasteiger partial charge in [-0.25, -0.2) is 4.79 Å². The highest BCUT2D eigenvalue weighted by Crippen LogP contribution is 2.26. The van der Waals surface area contributed by atoms with Crippen LogP contribution in [0.25, 0.3) is 0 Å². The molecule has 15 heavy (non-hydrogen) atoms. The molecule has 0 unspecified atom stereocenters. The highest BCUT2D eigenvalue weighted by atomic mass is 17.1. The lowest BCUT2D eigenvalue weighted by Crippen LogP contribution is -2.19. The number of carbonyl (C=O) groups excluding carboxylic acids is 1. The molecule has 0 fully saturated rings. The van der Waals surface area contributed by atoms with Gasteiger partial charge in [-0.1, -0.05) is 52.3 Å². The van der Waals surface area contributed by atoms with E-state index >= 15 is 0 Å². The van der Waals surface area contributed by atoms with Crippen molar-refractivity contribution in [1.82, 2.24) is 0 Å². The normalized spacial score (nSPS) is 13.3. The first-order valence-corrected chi connectivity index (χ1v) is 5.16. The lowest BCUT2D eigenvalue weighted by Gasteiger charge is -2.19.